The number of carbonyl (C=O) groups is 3. The van der Waals surface area contributed by atoms with Crippen LogP contribution in [0.1, 0.15) is 52.6 Å². The summed E-state index contributed by atoms with van der Waals surface area (Å²) in [5.74, 6) is -1.26. The molecule has 2 amide bonds. The highest BCUT2D eigenvalue weighted by Gasteiger charge is 2.24. The molecule has 0 spiro atoms. The number of ether oxygens (including phenoxy) is 2. The molecule has 0 bridgehead atoms. The minimum absolute atomic E-state index is 0.196. The summed E-state index contributed by atoms with van der Waals surface area (Å²) < 4.78 is 48.9. The molecule has 20 heteroatoms. The van der Waals surface area contributed by atoms with Crippen LogP contribution < -0.4 is 36.1 Å². The van der Waals surface area contributed by atoms with Gasteiger partial charge in [-0.1, -0.05) is 24.3 Å². The largest absolute Gasteiger partial charge is 0.545 e. The summed E-state index contributed by atoms with van der Waals surface area (Å²) in [5.41, 5.74) is 8.91. The molecule has 0 unspecified atom stereocenters. The lowest BCUT2D eigenvalue weighted by molar-refractivity contribution is -0.496. The second-order valence-electron chi connectivity index (χ2n) is 16.5. The average molecular weight is 1030 g/mol. The van der Waals surface area contributed by atoms with E-state index in [1.165, 1.54) is 43.5 Å². The van der Waals surface area contributed by atoms with Crippen molar-refractivity contribution in [2.45, 2.75) is 39.5 Å². The molecule has 8 rings (SSSR count). The van der Waals surface area contributed by atoms with Gasteiger partial charge in [0, 0.05) is 57.7 Å². The molecule has 75 heavy (non-hydrogen) atoms. The van der Waals surface area contributed by atoms with Crippen molar-refractivity contribution in [3.05, 3.63) is 161 Å². The quantitative estimate of drug-likeness (QED) is 0.0242. The van der Waals surface area contributed by atoms with Crippen LogP contribution in [0.2, 0.25) is 0 Å². The lowest BCUT2D eigenvalue weighted by Crippen LogP contribution is -2.76. The van der Waals surface area contributed by atoms with Crippen LogP contribution in [0.4, 0.5) is 44.6 Å². The second kappa shape index (κ2) is 24.0. The number of amides is 2. The Morgan fingerprint density at radius 3 is 2.07 bits per heavy atom. The minimum atomic E-state index is -4.38. The van der Waals surface area contributed by atoms with Gasteiger partial charge in [-0.25, -0.2) is 14.6 Å². The number of carboxylic acids is 1. The van der Waals surface area contributed by atoms with Gasteiger partial charge in [0.25, 0.3) is 10.1 Å². The number of esters is 1. The third kappa shape index (κ3) is 13.2. The number of urea groups is 1. The molecule has 384 valence electrons. The Kier molecular flexibility index (Phi) is 17.1. The predicted molar refractivity (Wildman–Crippen MR) is 282 cm³/mol. The molecule has 19 nitrogen and oxygen atoms in total. The minimum Gasteiger partial charge on any atom is -0.545 e. The number of hydrogen-bond acceptors (Lipinski definition) is 15. The predicted octanol–water partition coefficient (Wildman–Crippen LogP) is 9.92. The highest BCUT2D eigenvalue weighted by molar-refractivity contribution is 7.85. The molecule has 1 aliphatic heterocycles. The number of rotatable bonds is 15. The van der Waals surface area contributed by atoms with Crippen LogP contribution in [0.3, 0.4) is 0 Å². The van der Waals surface area contributed by atoms with Crippen molar-refractivity contribution in [1.29, 1.82) is 0 Å². The third-order valence-electron chi connectivity index (χ3n) is 11.3. The van der Waals surface area contributed by atoms with E-state index in [2.05, 4.69) is 93.4 Å². The van der Waals surface area contributed by atoms with Crippen molar-refractivity contribution in [2.75, 3.05) is 42.8 Å². The van der Waals surface area contributed by atoms with Gasteiger partial charge in [0.1, 0.15) is 29.4 Å². The number of carboxylic acid groups (broad SMARTS) is 1. The molecule has 6 aromatic carbocycles. The van der Waals surface area contributed by atoms with Gasteiger partial charge in [-0.15, -0.1) is 0 Å². The number of aromatic hydroxyl groups is 1. The van der Waals surface area contributed by atoms with E-state index in [0.717, 1.165) is 80.8 Å². The van der Waals surface area contributed by atoms with Gasteiger partial charge >= 0.3 is 12.0 Å². The summed E-state index contributed by atoms with van der Waals surface area (Å²) >= 11 is 0. The fraction of sp³-hybridized carbons (Fsp3) is 0.164. The number of benzene rings is 7. The van der Waals surface area contributed by atoms with Crippen molar-refractivity contribution in [1.82, 2.24) is 0 Å². The molecular formula is C55H52N8O11S. The van der Waals surface area contributed by atoms with Crippen molar-refractivity contribution in [3.63, 3.8) is 0 Å². The molecule has 1 heterocycles. The zero-order valence-electron chi connectivity index (χ0n) is 41.6. The van der Waals surface area contributed by atoms with E-state index in [9.17, 15) is 37.6 Å². The van der Waals surface area contributed by atoms with E-state index < -0.39 is 33.4 Å². The van der Waals surface area contributed by atoms with Crippen molar-refractivity contribution < 1.29 is 56.5 Å². The maximum atomic E-state index is 12.9. The van der Waals surface area contributed by atoms with Gasteiger partial charge in [0.2, 0.25) is 5.36 Å². The first-order chi connectivity index (χ1) is 36.0. The van der Waals surface area contributed by atoms with Crippen molar-refractivity contribution >= 4 is 78.9 Å². The van der Waals surface area contributed by atoms with Crippen LogP contribution >= 0.6 is 0 Å². The number of hydrogen-bond donors (Lipinski definition) is 6. The number of anilines is 3. The molecule has 0 fully saturated rings. The van der Waals surface area contributed by atoms with E-state index in [0.29, 0.717) is 34.9 Å². The van der Waals surface area contributed by atoms with Crippen molar-refractivity contribution in [3.8, 4) is 33.9 Å². The number of aryl methyl sites for hydroxylation is 2. The van der Waals surface area contributed by atoms with Gasteiger partial charge in [0.05, 0.1) is 64.6 Å². The highest BCUT2D eigenvalue weighted by atomic mass is 32.2. The fourth-order valence-electron chi connectivity index (χ4n) is 7.77. The van der Waals surface area contributed by atoms with Crippen LogP contribution in [0, 0.1) is 13.8 Å². The zero-order chi connectivity index (χ0) is 53.8. The van der Waals surface area contributed by atoms with Gasteiger partial charge < -0.3 is 44.8 Å². The number of azo groups is 2. The first-order valence-corrected chi connectivity index (χ1v) is 24.8. The molecule has 0 radical (unpaired) electrons. The normalized spacial score (nSPS) is 11.6. The molecule has 6 aromatic rings. The molecule has 0 saturated heterocycles. The van der Waals surface area contributed by atoms with Gasteiger partial charge in [-0.3, -0.25) is 4.55 Å². The maximum Gasteiger partial charge on any atom is 0.338 e. The third-order valence-corrected chi connectivity index (χ3v) is 12.1. The summed E-state index contributed by atoms with van der Waals surface area (Å²) in [6.07, 6.45) is 0. The topological polar surface area (TPSA) is 280 Å². The molecular weight excluding hydrogens is 981 g/mol. The number of phenols is 1. The number of aromatic carboxylic acids is 1. The van der Waals surface area contributed by atoms with Crippen LogP contribution in [-0.4, -0.2) is 62.9 Å². The highest BCUT2D eigenvalue weighted by Crippen LogP contribution is 2.43. The Balaban J connectivity index is 0.000000225. The van der Waals surface area contributed by atoms with E-state index in [1.54, 1.807) is 36.4 Å². The van der Waals surface area contributed by atoms with Crippen molar-refractivity contribution in [2.24, 2.45) is 20.5 Å². The van der Waals surface area contributed by atoms with E-state index in [1.807, 2.05) is 31.2 Å². The molecule has 0 saturated carbocycles. The molecule has 0 aromatic heterocycles. The zero-order valence-corrected chi connectivity index (χ0v) is 42.4. The molecule has 0 atom stereocenters. The smallest absolute Gasteiger partial charge is 0.338 e. The first kappa shape index (κ1) is 53.5. The summed E-state index contributed by atoms with van der Waals surface area (Å²) in [6.45, 7) is 12.1. The fourth-order valence-corrected chi connectivity index (χ4v) is 8.29. The number of methoxy groups -OCH3 is 1. The molecule has 2 aliphatic rings. The first-order valence-electron chi connectivity index (χ1n) is 23.4. The van der Waals surface area contributed by atoms with Gasteiger partial charge in [-0.05, 0) is 137 Å². The Bertz CT molecular complexity index is 3650. The number of nitrogens with one attached hydrogen (secondary N) is 4. The Labute approximate surface area is 431 Å². The summed E-state index contributed by atoms with van der Waals surface area (Å²) in [5, 5.41) is 47.3. The van der Waals surface area contributed by atoms with Crippen LogP contribution in [0.15, 0.2) is 163 Å². The molecule has 1 aliphatic carbocycles. The van der Waals surface area contributed by atoms with E-state index >= 15 is 0 Å². The van der Waals surface area contributed by atoms with Gasteiger partial charge in [0.15, 0.2) is 0 Å². The molecule has 6 N–H and O–H groups in total. The van der Waals surface area contributed by atoms with Crippen LogP contribution in [0.25, 0.3) is 33.4 Å². The Morgan fingerprint density at radius 2 is 1.39 bits per heavy atom. The van der Waals surface area contributed by atoms with Crippen LogP contribution in [0.5, 0.6) is 11.5 Å². The van der Waals surface area contributed by atoms with Gasteiger partial charge in [-0.2, -0.15) is 28.9 Å². The SMILES string of the molecule is CCNc1cc2oc3cc(=[NH+]CC)c(C)cc-3c(-c3ccccc3C(=O)OCC)c2cc1C.COc1cc(N=Nc2cccc(S(=O)(=O)O)c2)ccc1NC(=O)Nc1ccc(N=Nc2ccc(O)c(C(=O)[O-])c2)cc1. The Morgan fingerprint density at radius 1 is 0.707 bits per heavy atom. The second-order valence-corrected chi connectivity index (χ2v) is 17.9. The standard InChI is InChI=1S/C28H30N2O3.C27H22N6O8S/c1-6-29-23-15-25-21(13-17(23)4)27(19-11-9-10-12-20(19)28(31)32-8-3)22-14-18(5)24(30-7-2)16-26(22)33-25;1-41-25-15-20(33-31-18-3-2-4-21(13-18)42(38,39)40)9-11-23(25)29-27(37)28-16-5-7-17(8-6-16)30-32-19-10-12-24(34)22(14-19)26(35)36/h9-16,29H,6-8H2,1-5H3;2-15,34H,1H3,(H,35,36)(H2,28,29,37)(H,38,39,40). The average Bonchev–Trinajstić information content (AvgIpc) is 3.39. The lowest BCUT2D eigenvalue weighted by atomic mass is 9.89. The van der Waals surface area contributed by atoms with Crippen LogP contribution in [-0.2, 0) is 14.9 Å². The summed E-state index contributed by atoms with van der Waals surface area (Å²) in [6, 6.07) is 35.4. The monoisotopic (exact) mass is 1030 g/mol. The summed E-state index contributed by atoms with van der Waals surface area (Å²) in [4.78, 5) is 39.6. The number of nitrogens with zero attached hydrogens (tertiary/aromatic N) is 4. The number of fused-ring (bicyclic) bond motifs is 2. The van der Waals surface area contributed by atoms with E-state index in [4.69, 9.17) is 13.9 Å². The maximum absolute atomic E-state index is 12.9. The number of carbonyl (C=O) groups excluding carboxylic acids is 3. The van der Waals surface area contributed by atoms with E-state index in [-0.39, 0.29) is 28.0 Å². The lowest BCUT2D eigenvalue weighted by Gasteiger charge is -2.19. The summed E-state index contributed by atoms with van der Waals surface area (Å²) in [7, 11) is -2.98. The Hall–Kier alpha value is -9.27.